The molecule has 3 N–H and O–H groups in total. The molecule has 3 rings (SSSR count). The highest BCUT2D eigenvalue weighted by Gasteiger charge is 2.32. The SMILES string of the molecule is CC(=O)c1sc(NCC2CCCC2)c(C2CC2)c1N. The number of rotatable bonds is 5. The van der Waals surface area contributed by atoms with Crippen LogP contribution in [0.5, 0.6) is 0 Å². The van der Waals surface area contributed by atoms with Gasteiger partial charge in [-0.3, -0.25) is 4.79 Å². The molecule has 0 aromatic carbocycles. The lowest BCUT2D eigenvalue weighted by Crippen LogP contribution is -2.11. The van der Waals surface area contributed by atoms with Gasteiger partial charge < -0.3 is 11.1 Å². The van der Waals surface area contributed by atoms with E-state index in [1.807, 2.05) is 0 Å². The Morgan fingerprint density at radius 3 is 2.58 bits per heavy atom. The van der Waals surface area contributed by atoms with Crippen LogP contribution in [-0.2, 0) is 0 Å². The van der Waals surface area contributed by atoms with Crippen molar-refractivity contribution in [3.05, 3.63) is 10.4 Å². The van der Waals surface area contributed by atoms with Gasteiger partial charge in [-0.15, -0.1) is 11.3 Å². The maximum Gasteiger partial charge on any atom is 0.171 e. The molecule has 0 bridgehead atoms. The zero-order chi connectivity index (χ0) is 13.4. The van der Waals surface area contributed by atoms with E-state index < -0.39 is 0 Å². The van der Waals surface area contributed by atoms with Gasteiger partial charge in [-0.2, -0.15) is 0 Å². The van der Waals surface area contributed by atoms with Gasteiger partial charge in [-0.05, 0) is 37.5 Å². The van der Waals surface area contributed by atoms with E-state index in [1.165, 1.54) is 44.1 Å². The fourth-order valence-corrected chi connectivity index (χ4v) is 4.19. The molecule has 0 aliphatic heterocycles. The molecule has 2 aliphatic carbocycles. The predicted octanol–water partition coefficient (Wildman–Crippen LogP) is 4.01. The number of Topliss-reactive ketones (excluding diaryl/α,β-unsaturated/α-hetero) is 1. The molecule has 0 unspecified atom stereocenters. The van der Waals surface area contributed by atoms with E-state index in [0.717, 1.165) is 28.0 Å². The van der Waals surface area contributed by atoms with E-state index in [9.17, 15) is 4.79 Å². The molecule has 0 amide bonds. The Morgan fingerprint density at radius 2 is 2.00 bits per heavy atom. The van der Waals surface area contributed by atoms with Crippen molar-refractivity contribution >= 4 is 27.8 Å². The third kappa shape index (κ3) is 2.64. The smallest absolute Gasteiger partial charge is 0.171 e. The van der Waals surface area contributed by atoms with Gasteiger partial charge >= 0.3 is 0 Å². The summed E-state index contributed by atoms with van der Waals surface area (Å²) in [5, 5.41) is 4.74. The van der Waals surface area contributed by atoms with Crippen LogP contribution in [0.1, 0.15) is 66.6 Å². The van der Waals surface area contributed by atoms with Gasteiger partial charge in [-0.1, -0.05) is 12.8 Å². The number of hydrogen-bond donors (Lipinski definition) is 2. The minimum Gasteiger partial charge on any atom is -0.397 e. The first-order valence-electron chi connectivity index (χ1n) is 7.33. The Hall–Kier alpha value is -1.03. The minimum atomic E-state index is 0.0957. The van der Waals surface area contributed by atoms with E-state index in [-0.39, 0.29) is 5.78 Å². The number of anilines is 2. The molecule has 0 spiro atoms. The Morgan fingerprint density at radius 1 is 1.32 bits per heavy atom. The van der Waals surface area contributed by atoms with Gasteiger partial charge in [0.15, 0.2) is 5.78 Å². The molecule has 0 atom stereocenters. The fourth-order valence-electron chi connectivity index (χ4n) is 3.08. The molecule has 1 heterocycles. The summed E-state index contributed by atoms with van der Waals surface area (Å²) >= 11 is 1.56. The van der Waals surface area contributed by atoms with Crippen LogP contribution < -0.4 is 11.1 Å². The summed E-state index contributed by atoms with van der Waals surface area (Å²) in [6.45, 7) is 2.65. The van der Waals surface area contributed by atoms with Crippen LogP contribution in [0.15, 0.2) is 0 Å². The van der Waals surface area contributed by atoms with Crippen molar-refractivity contribution in [2.75, 3.05) is 17.6 Å². The van der Waals surface area contributed by atoms with Crippen LogP contribution in [0.2, 0.25) is 0 Å². The van der Waals surface area contributed by atoms with Crippen molar-refractivity contribution in [1.29, 1.82) is 0 Å². The summed E-state index contributed by atoms with van der Waals surface area (Å²) in [5.74, 6) is 1.49. The highest BCUT2D eigenvalue weighted by molar-refractivity contribution is 7.18. The summed E-state index contributed by atoms with van der Waals surface area (Å²) in [6, 6.07) is 0. The summed E-state index contributed by atoms with van der Waals surface area (Å²) in [4.78, 5) is 12.4. The number of thiophene rings is 1. The number of nitrogens with one attached hydrogen (secondary N) is 1. The topological polar surface area (TPSA) is 55.1 Å². The largest absolute Gasteiger partial charge is 0.397 e. The average Bonchev–Trinajstić information content (AvgIpc) is 2.96. The Balaban J connectivity index is 1.78. The van der Waals surface area contributed by atoms with E-state index in [2.05, 4.69) is 5.32 Å². The van der Waals surface area contributed by atoms with Crippen molar-refractivity contribution in [3.63, 3.8) is 0 Å². The van der Waals surface area contributed by atoms with Crippen LogP contribution in [0.4, 0.5) is 10.7 Å². The van der Waals surface area contributed by atoms with Crippen molar-refractivity contribution in [2.24, 2.45) is 5.92 Å². The molecular formula is C15H22N2OS. The monoisotopic (exact) mass is 278 g/mol. The number of carbonyl (C=O) groups is 1. The zero-order valence-electron chi connectivity index (χ0n) is 11.5. The Kier molecular flexibility index (Phi) is 3.52. The van der Waals surface area contributed by atoms with Crippen LogP contribution in [0.25, 0.3) is 0 Å². The van der Waals surface area contributed by atoms with Crippen molar-refractivity contribution < 1.29 is 4.79 Å². The highest BCUT2D eigenvalue weighted by Crippen LogP contribution is 2.51. The molecule has 0 saturated heterocycles. The number of nitrogen functional groups attached to an aromatic ring is 1. The molecule has 1 aromatic rings. The molecule has 0 radical (unpaired) electrons. The van der Waals surface area contributed by atoms with E-state index in [1.54, 1.807) is 18.3 Å². The summed E-state index contributed by atoms with van der Waals surface area (Å²) in [6.07, 6.45) is 7.85. The second kappa shape index (κ2) is 5.16. The molecular weight excluding hydrogens is 256 g/mol. The summed E-state index contributed by atoms with van der Waals surface area (Å²) < 4.78 is 0. The molecule has 3 nitrogen and oxygen atoms in total. The lowest BCUT2D eigenvalue weighted by Gasteiger charge is -2.12. The highest BCUT2D eigenvalue weighted by atomic mass is 32.1. The number of ketones is 1. The second-order valence-electron chi connectivity index (χ2n) is 5.95. The van der Waals surface area contributed by atoms with Crippen LogP contribution in [-0.4, -0.2) is 12.3 Å². The maximum absolute atomic E-state index is 11.6. The second-order valence-corrected chi connectivity index (χ2v) is 6.97. The molecule has 2 aliphatic rings. The Labute approximate surface area is 118 Å². The van der Waals surface area contributed by atoms with Crippen molar-refractivity contribution in [2.45, 2.75) is 51.4 Å². The van der Waals surface area contributed by atoms with Crippen LogP contribution in [0, 0.1) is 5.92 Å². The molecule has 2 saturated carbocycles. The van der Waals surface area contributed by atoms with Crippen LogP contribution >= 0.6 is 11.3 Å². The van der Waals surface area contributed by atoms with Gasteiger partial charge in [0, 0.05) is 19.0 Å². The van der Waals surface area contributed by atoms with Crippen LogP contribution in [0.3, 0.4) is 0 Å². The van der Waals surface area contributed by atoms with Gasteiger partial charge in [0.05, 0.1) is 15.6 Å². The van der Waals surface area contributed by atoms with Gasteiger partial charge in [0.2, 0.25) is 0 Å². The molecule has 1 aromatic heterocycles. The first-order chi connectivity index (χ1) is 9.16. The third-order valence-corrected chi connectivity index (χ3v) is 5.59. The summed E-state index contributed by atoms with van der Waals surface area (Å²) in [7, 11) is 0. The third-order valence-electron chi connectivity index (χ3n) is 4.31. The first kappa shape index (κ1) is 13.0. The standard InChI is InChI=1S/C15H22N2OS/c1-9(18)14-13(16)12(11-6-7-11)15(19-14)17-8-10-4-2-3-5-10/h10-11,17H,2-8,16H2,1H3. The predicted molar refractivity (Wildman–Crippen MR) is 81.2 cm³/mol. The molecule has 2 fully saturated rings. The van der Waals surface area contributed by atoms with E-state index >= 15 is 0 Å². The maximum atomic E-state index is 11.6. The quantitative estimate of drug-likeness (QED) is 0.800. The molecule has 4 heteroatoms. The molecule has 19 heavy (non-hydrogen) atoms. The van der Waals surface area contributed by atoms with Gasteiger partial charge in [-0.25, -0.2) is 0 Å². The summed E-state index contributed by atoms with van der Waals surface area (Å²) in [5.41, 5.74) is 8.15. The molecule has 104 valence electrons. The van der Waals surface area contributed by atoms with E-state index in [0.29, 0.717) is 5.92 Å². The van der Waals surface area contributed by atoms with E-state index in [4.69, 9.17) is 5.73 Å². The lowest BCUT2D eigenvalue weighted by molar-refractivity contribution is 0.102. The average molecular weight is 278 g/mol. The Bertz CT molecular complexity index is 485. The number of hydrogen-bond acceptors (Lipinski definition) is 4. The zero-order valence-corrected chi connectivity index (χ0v) is 12.3. The number of carbonyl (C=O) groups excluding carboxylic acids is 1. The lowest BCUT2D eigenvalue weighted by atomic mass is 10.1. The van der Waals surface area contributed by atoms with Crippen molar-refractivity contribution in [1.82, 2.24) is 0 Å². The number of nitrogens with two attached hydrogens (primary N) is 1. The van der Waals surface area contributed by atoms with Gasteiger partial charge in [0.1, 0.15) is 0 Å². The normalized spacial score (nSPS) is 19.8. The van der Waals surface area contributed by atoms with Gasteiger partial charge in [0.25, 0.3) is 0 Å². The first-order valence-corrected chi connectivity index (χ1v) is 8.15. The fraction of sp³-hybridized carbons (Fsp3) is 0.667. The minimum absolute atomic E-state index is 0.0957. The van der Waals surface area contributed by atoms with Crippen molar-refractivity contribution in [3.8, 4) is 0 Å².